The number of carbonyl (C=O) groups excluding carboxylic acids is 2. The highest BCUT2D eigenvalue weighted by atomic mass is 32.1. The van der Waals surface area contributed by atoms with E-state index < -0.39 is 0 Å². The maximum Gasteiger partial charge on any atom is 0.338 e. The van der Waals surface area contributed by atoms with Gasteiger partial charge in [0.2, 0.25) is 0 Å². The second kappa shape index (κ2) is 9.30. The first-order chi connectivity index (χ1) is 13.5. The maximum absolute atomic E-state index is 12.6. The number of carbonyl (C=O) groups is 2. The quantitative estimate of drug-likeness (QED) is 0.719. The van der Waals surface area contributed by atoms with E-state index in [2.05, 4.69) is 22.2 Å². The Kier molecular flexibility index (Phi) is 6.80. The van der Waals surface area contributed by atoms with Crippen molar-refractivity contribution in [3.05, 3.63) is 40.4 Å². The molecule has 1 amide bonds. The number of amides is 1. The molecule has 1 N–H and O–H groups in total. The summed E-state index contributed by atoms with van der Waals surface area (Å²) < 4.78 is 5.06. The standard InChI is InChI=1S/C21H27N3O3S/c1-4-27-21(26)16-8-5-7-15(13-16)20-23-14(2)18(28-20)19(25)22-11-10-17-9-6-12-24(17)3/h5,7-8,13,17H,4,6,9-12H2,1-3H3,(H,22,25). The third kappa shape index (κ3) is 4.77. The van der Waals surface area contributed by atoms with Gasteiger partial charge in [0.05, 0.1) is 17.9 Å². The number of rotatable bonds is 7. The van der Waals surface area contributed by atoms with E-state index >= 15 is 0 Å². The summed E-state index contributed by atoms with van der Waals surface area (Å²) in [6, 6.07) is 7.72. The topological polar surface area (TPSA) is 71.5 Å². The number of hydrogen-bond acceptors (Lipinski definition) is 6. The van der Waals surface area contributed by atoms with Crippen LogP contribution in [0.3, 0.4) is 0 Å². The number of hydrogen-bond donors (Lipinski definition) is 1. The predicted molar refractivity (Wildman–Crippen MR) is 111 cm³/mol. The van der Waals surface area contributed by atoms with Gasteiger partial charge in [-0.2, -0.15) is 0 Å². The molecule has 150 valence electrons. The van der Waals surface area contributed by atoms with Crippen molar-refractivity contribution in [2.45, 2.75) is 39.2 Å². The summed E-state index contributed by atoms with van der Waals surface area (Å²) in [5, 5.41) is 3.76. The average Bonchev–Trinajstić information content (AvgIpc) is 3.28. The first kappa shape index (κ1) is 20.5. The van der Waals surface area contributed by atoms with Crippen LogP contribution in [0.25, 0.3) is 10.6 Å². The minimum Gasteiger partial charge on any atom is -0.462 e. The molecule has 1 atom stereocenters. The number of benzene rings is 1. The van der Waals surface area contributed by atoms with Gasteiger partial charge >= 0.3 is 5.97 Å². The lowest BCUT2D eigenvalue weighted by Gasteiger charge is -2.19. The molecule has 0 spiro atoms. The Bertz CT molecular complexity index is 849. The second-order valence-electron chi connectivity index (χ2n) is 7.06. The third-order valence-electron chi connectivity index (χ3n) is 5.06. The van der Waals surface area contributed by atoms with Gasteiger partial charge in [0.25, 0.3) is 5.91 Å². The highest BCUT2D eigenvalue weighted by Gasteiger charge is 2.21. The fourth-order valence-electron chi connectivity index (χ4n) is 3.50. The summed E-state index contributed by atoms with van der Waals surface area (Å²) in [4.78, 5) is 32.1. The van der Waals surface area contributed by atoms with E-state index in [0.29, 0.717) is 35.3 Å². The van der Waals surface area contributed by atoms with E-state index in [1.165, 1.54) is 24.2 Å². The molecule has 1 unspecified atom stereocenters. The van der Waals surface area contributed by atoms with Crippen LogP contribution in [-0.2, 0) is 4.74 Å². The number of aromatic nitrogens is 1. The maximum atomic E-state index is 12.6. The predicted octanol–water partition coefficient (Wildman–Crippen LogP) is 3.51. The SMILES string of the molecule is CCOC(=O)c1cccc(-c2nc(C)c(C(=O)NCCC3CCCN3C)s2)c1. The monoisotopic (exact) mass is 401 g/mol. The third-order valence-corrected chi connectivity index (χ3v) is 6.26. The molecule has 1 aromatic heterocycles. The van der Waals surface area contributed by atoms with Gasteiger partial charge in [0.1, 0.15) is 9.88 Å². The highest BCUT2D eigenvalue weighted by molar-refractivity contribution is 7.17. The van der Waals surface area contributed by atoms with Crippen molar-refractivity contribution in [3.8, 4) is 10.6 Å². The van der Waals surface area contributed by atoms with E-state index in [-0.39, 0.29) is 11.9 Å². The first-order valence-electron chi connectivity index (χ1n) is 9.73. The number of likely N-dealkylation sites (tertiary alicyclic amines) is 1. The zero-order valence-electron chi connectivity index (χ0n) is 16.7. The van der Waals surface area contributed by atoms with Gasteiger partial charge < -0.3 is 15.0 Å². The Morgan fingerprint density at radius 3 is 2.93 bits per heavy atom. The van der Waals surface area contributed by atoms with Crippen LogP contribution in [0.4, 0.5) is 0 Å². The summed E-state index contributed by atoms with van der Waals surface area (Å²) in [6.07, 6.45) is 3.40. The molecule has 0 radical (unpaired) electrons. The van der Waals surface area contributed by atoms with Gasteiger partial charge in [-0.3, -0.25) is 4.79 Å². The molecule has 7 heteroatoms. The molecule has 28 heavy (non-hydrogen) atoms. The normalized spacial score (nSPS) is 16.9. The van der Waals surface area contributed by atoms with Crippen LogP contribution in [0.2, 0.25) is 0 Å². The molecule has 1 saturated heterocycles. The summed E-state index contributed by atoms with van der Waals surface area (Å²) in [5.41, 5.74) is 2.00. The number of ether oxygens (including phenoxy) is 1. The summed E-state index contributed by atoms with van der Waals surface area (Å²) in [7, 11) is 2.14. The minimum atomic E-state index is -0.354. The molecule has 1 aliphatic heterocycles. The van der Waals surface area contributed by atoms with E-state index in [4.69, 9.17) is 4.74 Å². The molecule has 1 fully saturated rings. The molecular weight excluding hydrogens is 374 g/mol. The van der Waals surface area contributed by atoms with Crippen LogP contribution >= 0.6 is 11.3 Å². The van der Waals surface area contributed by atoms with Gasteiger partial charge in [-0.15, -0.1) is 11.3 Å². The Balaban J connectivity index is 1.66. The van der Waals surface area contributed by atoms with Crippen LogP contribution in [0.1, 0.15) is 51.9 Å². The zero-order chi connectivity index (χ0) is 20.1. The summed E-state index contributed by atoms with van der Waals surface area (Å²) in [5.74, 6) is -0.434. The Morgan fingerprint density at radius 2 is 2.21 bits per heavy atom. The first-order valence-corrected chi connectivity index (χ1v) is 10.5. The lowest BCUT2D eigenvalue weighted by atomic mass is 10.1. The van der Waals surface area contributed by atoms with Crippen molar-refractivity contribution in [3.63, 3.8) is 0 Å². The van der Waals surface area contributed by atoms with E-state index in [1.807, 2.05) is 13.0 Å². The second-order valence-corrected chi connectivity index (χ2v) is 8.06. The number of nitrogens with one attached hydrogen (secondary N) is 1. The number of thiazole rings is 1. The van der Waals surface area contributed by atoms with Gasteiger partial charge in [-0.1, -0.05) is 12.1 Å². The smallest absolute Gasteiger partial charge is 0.338 e. The van der Waals surface area contributed by atoms with Crippen LogP contribution in [0, 0.1) is 6.92 Å². The van der Waals surface area contributed by atoms with E-state index in [0.717, 1.165) is 23.5 Å². The van der Waals surface area contributed by atoms with Crippen LogP contribution in [0.5, 0.6) is 0 Å². The van der Waals surface area contributed by atoms with Gasteiger partial charge in [-0.25, -0.2) is 9.78 Å². The molecule has 3 rings (SSSR count). The van der Waals surface area contributed by atoms with E-state index in [1.54, 1.807) is 25.1 Å². The molecule has 2 heterocycles. The van der Waals surface area contributed by atoms with Crippen molar-refractivity contribution in [2.75, 3.05) is 26.7 Å². The Labute approximate surface area is 169 Å². The Hall–Kier alpha value is -2.25. The van der Waals surface area contributed by atoms with Gasteiger partial charge in [0.15, 0.2) is 0 Å². The lowest BCUT2D eigenvalue weighted by molar-refractivity contribution is 0.0526. The van der Waals surface area contributed by atoms with E-state index in [9.17, 15) is 9.59 Å². The van der Waals surface area contributed by atoms with Gasteiger partial charge in [-0.05, 0) is 58.8 Å². The molecule has 0 aliphatic carbocycles. The molecule has 2 aromatic rings. The van der Waals surface area contributed by atoms with Crippen molar-refractivity contribution in [2.24, 2.45) is 0 Å². The molecule has 1 aromatic carbocycles. The number of nitrogens with zero attached hydrogens (tertiary/aromatic N) is 2. The fraction of sp³-hybridized carbons (Fsp3) is 0.476. The average molecular weight is 402 g/mol. The molecular formula is C21H27N3O3S. The van der Waals surface area contributed by atoms with Crippen LogP contribution < -0.4 is 5.32 Å². The highest BCUT2D eigenvalue weighted by Crippen LogP contribution is 2.28. The number of esters is 1. The van der Waals surface area contributed by atoms with Crippen molar-refractivity contribution < 1.29 is 14.3 Å². The lowest BCUT2D eigenvalue weighted by Crippen LogP contribution is -2.31. The summed E-state index contributed by atoms with van der Waals surface area (Å²) in [6.45, 7) is 5.76. The largest absolute Gasteiger partial charge is 0.462 e. The molecule has 0 saturated carbocycles. The van der Waals surface area contributed by atoms with Crippen LogP contribution in [0.15, 0.2) is 24.3 Å². The number of aryl methyl sites for hydroxylation is 1. The molecule has 1 aliphatic rings. The van der Waals surface area contributed by atoms with Crippen molar-refractivity contribution in [1.82, 2.24) is 15.2 Å². The minimum absolute atomic E-state index is 0.0801. The fourth-order valence-corrected chi connectivity index (χ4v) is 4.48. The molecule has 6 nitrogen and oxygen atoms in total. The van der Waals surface area contributed by atoms with Crippen LogP contribution in [-0.4, -0.2) is 54.5 Å². The van der Waals surface area contributed by atoms with Gasteiger partial charge in [0, 0.05) is 18.2 Å². The van der Waals surface area contributed by atoms with Crippen molar-refractivity contribution >= 4 is 23.2 Å². The van der Waals surface area contributed by atoms with Crippen molar-refractivity contribution in [1.29, 1.82) is 0 Å². The summed E-state index contributed by atoms with van der Waals surface area (Å²) >= 11 is 1.35. The zero-order valence-corrected chi connectivity index (χ0v) is 17.5. The molecule has 0 bridgehead atoms. The Morgan fingerprint density at radius 1 is 1.39 bits per heavy atom.